The molecule has 1 fully saturated rings. The summed E-state index contributed by atoms with van der Waals surface area (Å²) in [6, 6.07) is 6.40. The van der Waals surface area contributed by atoms with Gasteiger partial charge in [0.1, 0.15) is 5.01 Å². The number of rotatable bonds is 4. The summed E-state index contributed by atoms with van der Waals surface area (Å²) in [6.45, 7) is 4.99. The summed E-state index contributed by atoms with van der Waals surface area (Å²) < 4.78 is 29.5. The summed E-state index contributed by atoms with van der Waals surface area (Å²) in [4.78, 5) is 1.52. The number of hydrogen-bond acceptors (Lipinski definition) is 5. The maximum Gasteiger partial charge on any atom is 0.243 e. The van der Waals surface area contributed by atoms with E-state index in [4.69, 9.17) is 23.8 Å². The predicted molar refractivity (Wildman–Crippen MR) is 96.6 cm³/mol. The van der Waals surface area contributed by atoms with Crippen LogP contribution in [0, 0.1) is 10.9 Å². The first kappa shape index (κ1) is 18.0. The third kappa shape index (κ3) is 3.87. The molecular weight excluding hydrogens is 388 g/mol. The van der Waals surface area contributed by atoms with Crippen LogP contribution in [0.5, 0.6) is 0 Å². The molecule has 2 heterocycles. The van der Waals surface area contributed by atoms with Crippen LogP contribution in [0.15, 0.2) is 29.2 Å². The molecule has 130 valence electrons. The van der Waals surface area contributed by atoms with E-state index in [1.807, 2.05) is 11.6 Å². The van der Waals surface area contributed by atoms with E-state index in [1.165, 1.54) is 26.6 Å². The Morgan fingerprint density at radius 2 is 2.08 bits per heavy atom. The number of benzene rings is 1. The van der Waals surface area contributed by atoms with Crippen LogP contribution in [0.3, 0.4) is 0 Å². The molecule has 0 saturated carbocycles. The van der Waals surface area contributed by atoms with E-state index in [9.17, 15) is 8.42 Å². The molecular formula is C14H18ClN4O2S3+. The number of aromatic nitrogens is 2. The highest BCUT2D eigenvalue weighted by atomic mass is 35.5. The van der Waals surface area contributed by atoms with Gasteiger partial charge in [0, 0.05) is 5.02 Å². The van der Waals surface area contributed by atoms with E-state index in [-0.39, 0.29) is 4.90 Å². The minimum absolute atomic E-state index is 0.246. The van der Waals surface area contributed by atoms with Gasteiger partial charge in [0.25, 0.3) is 0 Å². The highest BCUT2D eigenvalue weighted by molar-refractivity contribution is 7.89. The van der Waals surface area contributed by atoms with Crippen molar-refractivity contribution in [3.8, 4) is 0 Å². The maximum atomic E-state index is 12.7. The number of quaternary nitrogens is 1. The molecule has 0 atom stereocenters. The molecule has 24 heavy (non-hydrogen) atoms. The van der Waals surface area contributed by atoms with Crippen molar-refractivity contribution in [2.45, 2.75) is 18.5 Å². The molecule has 0 radical (unpaired) electrons. The van der Waals surface area contributed by atoms with Crippen LogP contribution < -0.4 is 4.90 Å². The van der Waals surface area contributed by atoms with Gasteiger partial charge in [-0.25, -0.2) is 8.42 Å². The van der Waals surface area contributed by atoms with Gasteiger partial charge < -0.3 is 4.90 Å². The molecule has 0 amide bonds. The SMILES string of the molecule is Cc1nn(C[NH+]2CCN(S(=O)(=O)c3cccc(Cl)c3)CC2)c(=S)s1. The molecule has 1 N–H and O–H groups in total. The van der Waals surface area contributed by atoms with Crippen LogP contribution in [0.4, 0.5) is 0 Å². The Kier molecular flexibility index (Phi) is 5.38. The smallest absolute Gasteiger partial charge is 0.243 e. The summed E-state index contributed by atoms with van der Waals surface area (Å²) in [5.74, 6) is 0. The first-order chi connectivity index (χ1) is 11.4. The average Bonchev–Trinajstić information content (AvgIpc) is 2.85. The second kappa shape index (κ2) is 7.19. The van der Waals surface area contributed by atoms with Gasteiger partial charge in [-0.3, -0.25) is 0 Å². The van der Waals surface area contributed by atoms with E-state index in [2.05, 4.69) is 5.10 Å². The summed E-state index contributed by atoms with van der Waals surface area (Å²) in [7, 11) is -3.49. The van der Waals surface area contributed by atoms with Crippen LogP contribution >= 0.6 is 35.2 Å². The van der Waals surface area contributed by atoms with Gasteiger partial charge in [-0.05, 0) is 37.3 Å². The van der Waals surface area contributed by atoms with Gasteiger partial charge in [-0.2, -0.15) is 14.1 Å². The van der Waals surface area contributed by atoms with E-state index in [0.29, 0.717) is 24.8 Å². The van der Waals surface area contributed by atoms with E-state index < -0.39 is 10.0 Å². The first-order valence-corrected chi connectivity index (χ1v) is 10.5. The van der Waals surface area contributed by atoms with Crippen molar-refractivity contribution >= 4 is 45.2 Å². The van der Waals surface area contributed by atoms with Crippen LogP contribution in [0.25, 0.3) is 0 Å². The number of nitrogens with one attached hydrogen (secondary N) is 1. The topological polar surface area (TPSA) is 59.6 Å². The molecule has 3 rings (SSSR count). The maximum absolute atomic E-state index is 12.7. The molecule has 0 aliphatic carbocycles. The Labute approximate surface area is 155 Å². The highest BCUT2D eigenvalue weighted by Crippen LogP contribution is 2.19. The Bertz CT molecular complexity index is 885. The van der Waals surface area contributed by atoms with Crippen molar-refractivity contribution in [3.05, 3.63) is 38.3 Å². The van der Waals surface area contributed by atoms with Crippen LogP contribution in [0.2, 0.25) is 5.02 Å². The lowest BCUT2D eigenvalue weighted by Crippen LogP contribution is -3.14. The fraction of sp³-hybridized carbons (Fsp3) is 0.429. The molecule has 1 aromatic carbocycles. The Balaban J connectivity index is 1.66. The number of halogens is 1. The van der Waals surface area contributed by atoms with E-state index in [1.54, 1.807) is 18.2 Å². The van der Waals surface area contributed by atoms with Gasteiger partial charge >= 0.3 is 0 Å². The predicted octanol–water partition coefficient (Wildman–Crippen LogP) is 1.18. The number of nitrogens with zero attached hydrogens (tertiary/aromatic N) is 3. The lowest BCUT2D eigenvalue weighted by Gasteiger charge is -2.31. The molecule has 1 aromatic heterocycles. The lowest BCUT2D eigenvalue weighted by atomic mass is 10.4. The second-order valence-electron chi connectivity index (χ2n) is 5.66. The first-order valence-electron chi connectivity index (χ1n) is 7.50. The fourth-order valence-electron chi connectivity index (χ4n) is 2.70. The molecule has 1 saturated heterocycles. The standard InChI is InChI=1S/C14H17ClN4O2S3/c1-11-16-19(14(22)23-11)10-17-5-7-18(8-6-17)24(20,21)13-4-2-3-12(15)9-13/h2-4,9H,5-8,10H2,1H3/p+1. The number of sulfonamides is 1. The molecule has 10 heteroatoms. The Hall–Kier alpha value is -0.840. The zero-order valence-electron chi connectivity index (χ0n) is 13.1. The lowest BCUT2D eigenvalue weighted by molar-refractivity contribution is -0.926. The second-order valence-corrected chi connectivity index (χ2v) is 9.86. The largest absolute Gasteiger partial charge is 0.314 e. The minimum atomic E-state index is -3.49. The average molecular weight is 406 g/mol. The Morgan fingerprint density at radius 3 is 2.67 bits per heavy atom. The zero-order chi connectivity index (χ0) is 17.3. The number of hydrogen-bond donors (Lipinski definition) is 1. The van der Waals surface area contributed by atoms with Gasteiger partial charge in [0.05, 0.1) is 31.1 Å². The van der Waals surface area contributed by atoms with Crippen molar-refractivity contribution in [1.82, 2.24) is 14.1 Å². The third-order valence-electron chi connectivity index (χ3n) is 3.94. The minimum Gasteiger partial charge on any atom is -0.314 e. The summed E-state index contributed by atoms with van der Waals surface area (Å²) in [5.41, 5.74) is 0. The Morgan fingerprint density at radius 1 is 1.38 bits per heavy atom. The van der Waals surface area contributed by atoms with Crippen LogP contribution in [-0.2, 0) is 16.7 Å². The number of aryl methyl sites for hydroxylation is 1. The van der Waals surface area contributed by atoms with Gasteiger partial charge in [0.15, 0.2) is 10.6 Å². The highest BCUT2D eigenvalue weighted by Gasteiger charge is 2.30. The molecule has 6 nitrogen and oxygen atoms in total. The normalized spacial score (nSPS) is 17.2. The zero-order valence-corrected chi connectivity index (χ0v) is 16.3. The van der Waals surface area contributed by atoms with Crippen molar-refractivity contribution in [3.63, 3.8) is 0 Å². The third-order valence-corrected chi connectivity index (χ3v) is 7.30. The van der Waals surface area contributed by atoms with Crippen LogP contribution in [0.1, 0.15) is 5.01 Å². The monoisotopic (exact) mass is 405 g/mol. The summed E-state index contributed by atoms with van der Waals surface area (Å²) >= 11 is 12.7. The number of piperazine rings is 1. The van der Waals surface area contributed by atoms with Crippen molar-refractivity contribution in [1.29, 1.82) is 0 Å². The van der Waals surface area contributed by atoms with Crippen molar-refractivity contribution in [2.24, 2.45) is 0 Å². The molecule has 1 aliphatic heterocycles. The molecule has 0 unspecified atom stereocenters. The molecule has 1 aliphatic rings. The fourth-order valence-corrected chi connectivity index (χ4v) is 5.51. The van der Waals surface area contributed by atoms with Crippen molar-refractivity contribution in [2.75, 3.05) is 26.2 Å². The molecule has 0 bridgehead atoms. The van der Waals surface area contributed by atoms with E-state index >= 15 is 0 Å². The van der Waals surface area contributed by atoms with Gasteiger partial charge in [-0.15, -0.1) is 0 Å². The summed E-state index contributed by atoms with van der Waals surface area (Å²) in [5, 5.41) is 5.76. The molecule has 2 aromatic rings. The van der Waals surface area contributed by atoms with Crippen LogP contribution in [-0.4, -0.2) is 48.7 Å². The molecule has 0 spiro atoms. The van der Waals surface area contributed by atoms with E-state index in [0.717, 1.165) is 22.1 Å². The van der Waals surface area contributed by atoms with Gasteiger partial charge in [0.2, 0.25) is 10.0 Å². The summed E-state index contributed by atoms with van der Waals surface area (Å²) in [6.07, 6.45) is 0. The van der Waals surface area contributed by atoms with Crippen molar-refractivity contribution < 1.29 is 13.3 Å². The van der Waals surface area contributed by atoms with Gasteiger partial charge in [-0.1, -0.05) is 29.0 Å². The quantitative estimate of drug-likeness (QED) is 0.776.